The van der Waals surface area contributed by atoms with E-state index in [1.807, 2.05) is 24.1 Å². The van der Waals surface area contributed by atoms with Gasteiger partial charge in [0.2, 0.25) is 0 Å². The number of benzene rings is 1. The van der Waals surface area contributed by atoms with Crippen LogP contribution in [0.5, 0.6) is 5.75 Å². The van der Waals surface area contributed by atoms with Crippen LogP contribution in [0.4, 0.5) is 0 Å². The van der Waals surface area contributed by atoms with Crippen molar-refractivity contribution in [2.75, 3.05) is 27.7 Å². The van der Waals surface area contributed by atoms with E-state index in [4.69, 9.17) is 16.3 Å². The molecule has 0 heterocycles. The van der Waals surface area contributed by atoms with Gasteiger partial charge in [0.15, 0.2) is 0 Å². The molecule has 0 saturated heterocycles. The Hall–Kier alpha value is -1.26. The Morgan fingerprint density at radius 1 is 1.12 bits per heavy atom. The molecule has 4 nitrogen and oxygen atoms in total. The topological polar surface area (TPSA) is 32.8 Å². The van der Waals surface area contributed by atoms with Crippen molar-refractivity contribution in [1.82, 2.24) is 9.80 Å². The van der Waals surface area contributed by atoms with Crippen molar-refractivity contribution in [1.29, 1.82) is 0 Å². The normalized spacial score (nSPS) is 27.6. The van der Waals surface area contributed by atoms with E-state index in [2.05, 4.69) is 25.9 Å². The molecule has 1 aromatic rings. The molecule has 1 amide bonds. The van der Waals surface area contributed by atoms with E-state index < -0.39 is 0 Å². The number of hydrogen-bond acceptors (Lipinski definition) is 3. The van der Waals surface area contributed by atoms with Crippen LogP contribution in [0.15, 0.2) is 18.2 Å². The maximum absolute atomic E-state index is 12.9. The quantitative estimate of drug-likeness (QED) is 0.739. The fraction of sp³-hybridized carbons (Fsp3) is 0.667. The molecule has 0 spiro atoms. The van der Waals surface area contributed by atoms with Crippen LogP contribution in [0.1, 0.15) is 49.4 Å². The van der Waals surface area contributed by atoms with Crippen molar-refractivity contribution in [3.63, 3.8) is 0 Å². The number of carbonyl (C=O) groups is 1. The van der Waals surface area contributed by atoms with Crippen molar-refractivity contribution in [3.05, 3.63) is 28.8 Å². The third-order valence-corrected chi connectivity index (χ3v) is 6.50. The molecule has 2 aliphatic rings. The second-order valence-electron chi connectivity index (χ2n) is 8.14. The van der Waals surface area contributed by atoms with E-state index in [9.17, 15) is 4.79 Å². The molecule has 144 valence electrons. The fourth-order valence-corrected chi connectivity index (χ4v) is 4.86. The second kappa shape index (κ2) is 8.18. The van der Waals surface area contributed by atoms with E-state index in [1.165, 1.54) is 12.8 Å². The van der Waals surface area contributed by atoms with Crippen LogP contribution >= 0.6 is 11.6 Å². The summed E-state index contributed by atoms with van der Waals surface area (Å²) in [7, 11) is 6.29. The Bertz CT molecular complexity index is 635. The molecular weight excluding hydrogens is 348 g/mol. The Balaban J connectivity index is 1.61. The van der Waals surface area contributed by atoms with Crippen LogP contribution in [-0.2, 0) is 0 Å². The summed E-state index contributed by atoms with van der Waals surface area (Å²) in [5.74, 6) is 2.23. The van der Waals surface area contributed by atoms with Crippen molar-refractivity contribution in [3.8, 4) is 5.75 Å². The van der Waals surface area contributed by atoms with Crippen LogP contribution < -0.4 is 4.74 Å². The summed E-state index contributed by atoms with van der Waals surface area (Å²) in [6.07, 6.45) is 5.72. The first-order chi connectivity index (χ1) is 12.4. The molecule has 0 radical (unpaired) electrons. The second-order valence-corrected chi connectivity index (χ2v) is 8.55. The van der Waals surface area contributed by atoms with Crippen LogP contribution in [0.2, 0.25) is 5.02 Å². The van der Waals surface area contributed by atoms with Crippen LogP contribution in [0.25, 0.3) is 0 Å². The van der Waals surface area contributed by atoms with Gasteiger partial charge >= 0.3 is 0 Å². The molecule has 2 unspecified atom stereocenters. The Kier molecular flexibility index (Phi) is 6.13. The summed E-state index contributed by atoms with van der Waals surface area (Å²) in [6.45, 7) is 2.68. The standard InChI is InChI=1S/C21H31ClN2O2/c1-5-8-26-20-7-6-14(13-19(20)22)21(25)24(4)18-11-15-9-17(23(2)3)10-16(15)12-18/h6-7,13,15-18H,5,8-12H2,1-4H3/t15-,16+,17?,18?. The highest BCUT2D eigenvalue weighted by atomic mass is 35.5. The molecule has 5 heteroatoms. The van der Waals surface area contributed by atoms with E-state index in [-0.39, 0.29) is 5.91 Å². The van der Waals surface area contributed by atoms with Crippen molar-refractivity contribution in [2.24, 2.45) is 11.8 Å². The molecule has 3 rings (SSSR count). The molecule has 4 atom stereocenters. The first-order valence-electron chi connectivity index (χ1n) is 9.76. The Labute approximate surface area is 162 Å². The fourth-order valence-electron chi connectivity index (χ4n) is 4.62. The largest absolute Gasteiger partial charge is 0.492 e. The Morgan fingerprint density at radius 3 is 2.27 bits per heavy atom. The van der Waals surface area contributed by atoms with E-state index in [0.717, 1.165) is 31.1 Å². The minimum atomic E-state index is 0.0584. The molecule has 0 aliphatic heterocycles. The lowest BCUT2D eigenvalue weighted by Gasteiger charge is -2.27. The smallest absolute Gasteiger partial charge is 0.253 e. The van der Waals surface area contributed by atoms with E-state index >= 15 is 0 Å². The number of halogens is 1. The van der Waals surface area contributed by atoms with Crippen LogP contribution in [-0.4, -0.2) is 55.5 Å². The lowest BCUT2D eigenvalue weighted by molar-refractivity contribution is 0.0726. The molecule has 0 N–H and O–H groups in total. The molecule has 2 aliphatic carbocycles. The first-order valence-corrected chi connectivity index (χ1v) is 10.1. The van der Waals surface area contributed by atoms with Gasteiger partial charge < -0.3 is 14.5 Å². The average molecular weight is 379 g/mol. The lowest BCUT2D eigenvalue weighted by Crippen LogP contribution is -2.36. The summed E-state index contributed by atoms with van der Waals surface area (Å²) in [5.41, 5.74) is 0.643. The average Bonchev–Trinajstić information content (AvgIpc) is 3.18. The number of amides is 1. The van der Waals surface area contributed by atoms with Gasteiger partial charge in [-0.15, -0.1) is 0 Å². The zero-order valence-corrected chi connectivity index (χ0v) is 17.1. The van der Waals surface area contributed by atoms with Gasteiger partial charge in [-0.3, -0.25) is 4.79 Å². The van der Waals surface area contributed by atoms with Crippen LogP contribution in [0.3, 0.4) is 0 Å². The third-order valence-electron chi connectivity index (χ3n) is 6.20. The number of ether oxygens (including phenoxy) is 1. The molecule has 0 aromatic heterocycles. The highest BCUT2D eigenvalue weighted by molar-refractivity contribution is 6.32. The number of nitrogens with zero attached hydrogens (tertiary/aromatic N) is 2. The van der Waals surface area contributed by atoms with Gasteiger partial charge in [-0.05, 0) is 76.2 Å². The first kappa shape index (κ1) is 19.5. The van der Waals surface area contributed by atoms with E-state index in [1.54, 1.807) is 6.07 Å². The third kappa shape index (κ3) is 4.01. The van der Waals surface area contributed by atoms with Crippen molar-refractivity contribution in [2.45, 2.75) is 51.1 Å². The van der Waals surface area contributed by atoms with E-state index in [0.29, 0.717) is 35.0 Å². The molecular formula is C21H31ClN2O2. The van der Waals surface area contributed by atoms with Crippen molar-refractivity contribution >= 4 is 17.5 Å². The summed E-state index contributed by atoms with van der Waals surface area (Å²) < 4.78 is 5.60. The molecule has 2 saturated carbocycles. The minimum Gasteiger partial charge on any atom is -0.492 e. The zero-order chi connectivity index (χ0) is 18.8. The summed E-state index contributed by atoms with van der Waals surface area (Å²) in [5, 5.41) is 0.509. The van der Waals surface area contributed by atoms with Gasteiger partial charge in [0, 0.05) is 24.7 Å². The summed E-state index contributed by atoms with van der Waals surface area (Å²) >= 11 is 6.30. The maximum atomic E-state index is 12.9. The minimum absolute atomic E-state index is 0.0584. The molecule has 2 fully saturated rings. The number of fused-ring (bicyclic) bond motifs is 1. The predicted octanol–water partition coefficient (Wildman–Crippen LogP) is 4.32. The van der Waals surface area contributed by atoms with Crippen molar-refractivity contribution < 1.29 is 9.53 Å². The highest BCUT2D eigenvalue weighted by Gasteiger charge is 2.44. The van der Waals surface area contributed by atoms with Gasteiger partial charge in [0.1, 0.15) is 5.75 Å². The monoisotopic (exact) mass is 378 g/mol. The number of rotatable bonds is 6. The van der Waals surface area contributed by atoms with Gasteiger partial charge in [-0.2, -0.15) is 0 Å². The van der Waals surface area contributed by atoms with Gasteiger partial charge in [-0.1, -0.05) is 18.5 Å². The summed E-state index contributed by atoms with van der Waals surface area (Å²) in [6, 6.07) is 6.43. The predicted molar refractivity (Wildman–Crippen MR) is 106 cm³/mol. The van der Waals surface area contributed by atoms with Gasteiger partial charge in [0.25, 0.3) is 5.91 Å². The lowest BCUT2D eigenvalue weighted by atomic mass is 10.0. The maximum Gasteiger partial charge on any atom is 0.253 e. The zero-order valence-electron chi connectivity index (χ0n) is 16.4. The van der Waals surface area contributed by atoms with Gasteiger partial charge in [0.05, 0.1) is 11.6 Å². The Morgan fingerprint density at radius 2 is 1.73 bits per heavy atom. The van der Waals surface area contributed by atoms with Crippen LogP contribution in [0, 0.1) is 11.8 Å². The number of hydrogen-bond donors (Lipinski definition) is 0. The molecule has 1 aromatic carbocycles. The van der Waals surface area contributed by atoms with Gasteiger partial charge in [-0.25, -0.2) is 0 Å². The number of carbonyl (C=O) groups excluding carboxylic acids is 1. The summed E-state index contributed by atoms with van der Waals surface area (Å²) in [4.78, 5) is 17.2. The molecule has 0 bridgehead atoms. The highest BCUT2D eigenvalue weighted by Crippen LogP contribution is 2.46. The SMILES string of the molecule is CCCOc1ccc(C(=O)N(C)C2C[C@H]3CC(N(C)C)C[C@H]3C2)cc1Cl. The molecule has 26 heavy (non-hydrogen) atoms.